The summed E-state index contributed by atoms with van der Waals surface area (Å²) >= 11 is 0.867. The number of benzene rings is 1. The molecule has 0 radical (unpaired) electrons. The molecule has 0 aliphatic rings. The van der Waals surface area contributed by atoms with E-state index in [0.29, 0.717) is 17.1 Å². The van der Waals surface area contributed by atoms with Crippen LogP contribution in [0.5, 0.6) is 0 Å². The Balaban J connectivity index is 2.33. The smallest absolute Gasteiger partial charge is 0.348 e. The SMILES string of the molecule is CCCCN(CCCC)c1ccc(N=Nc2nc(C)c([N+](=O)[O-])s2)c(NC(C)=O)c1. The molecule has 0 unspecified atom stereocenters. The Morgan fingerprint density at radius 3 is 2.43 bits per heavy atom. The molecule has 162 valence electrons. The van der Waals surface area contributed by atoms with Gasteiger partial charge in [0.25, 0.3) is 0 Å². The molecule has 0 spiro atoms. The minimum Gasteiger partial charge on any atom is -0.371 e. The zero-order chi connectivity index (χ0) is 22.1. The molecule has 0 aliphatic heterocycles. The third-order valence-electron chi connectivity index (χ3n) is 4.39. The zero-order valence-corrected chi connectivity index (χ0v) is 18.7. The molecule has 1 aromatic heterocycles. The molecule has 0 bridgehead atoms. The number of thiazole rings is 1. The normalized spacial score (nSPS) is 11.1. The van der Waals surface area contributed by atoms with E-state index < -0.39 is 4.92 Å². The van der Waals surface area contributed by atoms with Gasteiger partial charge >= 0.3 is 5.00 Å². The van der Waals surface area contributed by atoms with Gasteiger partial charge in [0, 0.05) is 25.7 Å². The van der Waals surface area contributed by atoms with Crippen molar-refractivity contribution in [2.75, 3.05) is 23.3 Å². The van der Waals surface area contributed by atoms with E-state index in [-0.39, 0.29) is 16.0 Å². The Hall–Kier alpha value is -2.88. The average Bonchev–Trinajstić information content (AvgIpc) is 3.07. The Bertz CT molecular complexity index is 904. The Kier molecular flexibility index (Phi) is 8.85. The number of unbranched alkanes of at least 4 members (excludes halogenated alkanes) is 2. The topological polar surface area (TPSA) is 113 Å². The summed E-state index contributed by atoms with van der Waals surface area (Å²) in [5.74, 6) is -0.210. The standard InChI is InChI=1S/C20H28N6O3S/c1-5-7-11-25(12-8-6-2)16-9-10-17(18(13-16)22-15(4)27)23-24-20-21-14(3)19(30-20)26(28)29/h9-10,13H,5-8,11-12H2,1-4H3,(H,22,27). The van der Waals surface area contributed by atoms with Gasteiger partial charge in [-0.25, -0.2) is 4.98 Å². The van der Waals surface area contributed by atoms with Crippen molar-refractivity contribution in [2.24, 2.45) is 10.2 Å². The van der Waals surface area contributed by atoms with Crippen molar-refractivity contribution in [3.8, 4) is 0 Å². The lowest BCUT2D eigenvalue weighted by Crippen LogP contribution is -2.25. The van der Waals surface area contributed by atoms with E-state index in [4.69, 9.17) is 0 Å². The number of carbonyl (C=O) groups excluding carboxylic acids is 1. The number of aryl methyl sites for hydroxylation is 1. The van der Waals surface area contributed by atoms with Crippen LogP contribution in [-0.4, -0.2) is 28.9 Å². The van der Waals surface area contributed by atoms with Gasteiger partial charge in [-0.3, -0.25) is 14.9 Å². The monoisotopic (exact) mass is 432 g/mol. The lowest BCUT2D eigenvalue weighted by Gasteiger charge is -2.25. The van der Waals surface area contributed by atoms with Gasteiger partial charge in [0.2, 0.25) is 11.0 Å². The Labute approximate surface area is 180 Å². The number of rotatable bonds is 11. The predicted molar refractivity (Wildman–Crippen MR) is 120 cm³/mol. The largest absolute Gasteiger partial charge is 0.371 e. The van der Waals surface area contributed by atoms with Crippen LogP contribution in [0, 0.1) is 17.0 Å². The predicted octanol–water partition coefficient (Wildman–Crippen LogP) is 6.14. The second-order valence-corrected chi connectivity index (χ2v) is 7.88. The first-order chi connectivity index (χ1) is 14.3. The molecule has 0 atom stereocenters. The first-order valence-electron chi connectivity index (χ1n) is 10.1. The molecule has 1 amide bonds. The molecule has 0 saturated heterocycles. The Morgan fingerprint density at radius 2 is 1.90 bits per heavy atom. The van der Waals surface area contributed by atoms with E-state index in [9.17, 15) is 14.9 Å². The number of anilines is 2. The summed E-state index contributed by atoms with van der Waals surface area (Å²) in [4.78, 5) is 28.6. The van der Waals surface area contributed by atoms with E-state index in [1.165, 1.54) is 6.92 Å². The molecular weight excluding hydrogens is 404 g/mol. The minimum absolute atomic E-state index is 0.0520. The van der Waals surface area contributed by atoms with Crippen LogP contribution < -0.4 is 10.2 Å². The molecule has 0 aliphatic carbocycles. The molecule has 10 heteroatoms. The summed E-state index contributed by atoms with van der Waals surface area (Å²) in [5.41, 5.74) is 2.33. The maximum absolute atomic E-state index is 11.7. The van der Waals surface area contributed by atoms with Crippen molar-refractivity contribution in [2.45, 2.75) is 53.4 Å². The first kappa shape index (κ1) is 23.4. The summed E-state index contributed by atoms with van der Waals surface area (Å²) in [6.07, 6.45) is 4.38. The van der Waals surface area contributed by atoms with E-state index in [0.717, 1.165) is 55.8 Å². The molecule has 0 fully saturated rings. The number of nitro groups is 1. The number of nitrogens with zero attached hydrogens (tertiary/aromatic N) is 5. The molecule has 0 saturated carbocycles. The fourth-order valence-corrected chi connectivity index (χ4v) is 3.55. The second kappa shape index (κ2) is 11.3. The van der Waals surface area contributed by atoms with Gasteiger partial charge in [-0.05, 0) is 49.3 Å². The lowest BCUT2D eigenvalue weighted by molar-refractivity contribution is -0.380. The summed E-state index contributed by atoms with van der Waals surface area (Å²) in [7, 11) is 0. The highest BCUT2D eigenvalue weighted by molar-refractivity contribution is 7.18. The number of amides is 1. The van der Waals surface area contributed by atoms with Crippen LogP contribution in [0.4, 0.5) is 27.2 Å². The minimum atomic E-state index is -0.481. The van der Waals surface area contributed by atoms with Gasteiger partial charge in [-0.1, -0.05) is 26.7 Å². The third kappa shape index (κ3) is 6.58. The molecule has 9 nitrogen and oxygen atoms in total. The van der Waals surface area contributed by atoms with Crippen LogP contribution in [0.3, 0.4) is 0 Å². The number of hydrogen-bond donors (Lipinski definition) is 1. The summed E-state index contributed by atoms with van der Waals surface area (Å²) in [5, 5.41) is 22.2. The molecule has 1 N–H and O–H groups in total. The van der Waals surface area contributed by atoms with Crippen molar-refractivity contribution >= 4 is 44.4 Å². The number of azo groups is 1. The van der Waals surface area contributed by atoms with Crippen LogP contribution in [0.15, 0.2) is 28.4 Å². The number of nitrogens with one attached hydrogen (secondary N) is 1. The van der Waals surface area contributed by atoms with Crippen molar-refractivity contribution in [1.82, 2.24) is 4.98 Å². The van der Waals surface area contributed by atoms with Crippen LogP contribution in [0.2, 0.25) is 0 Å². The molecular formula is C20H28N6O3S. The second-order valence-electron chi connectivity index (χ2n) is 6.92. The third-order valence-corrected chi connectivity index (χ3v) is 5.38. The van der Waals surface area contributed by atoms with Gasteiger partial charge in [0.1, 0.15) is 11.4 Å². The quantitative estimate of drug-likeness (QED) is 0.260. The van der Waals surface area contributed by atoms with Crippen LogP contribution in [0.1, 0.15) is 52.1 Å². The summed E-state index contributed by atoms with van der Waals surface area (Å²) in [6, 6.07) is 5.65. The first-order valence-corrected chi connectivity index (χ1v) is 10.9. The maximum Gasteiger partial charge on any atom is 0.348 e. The lowest BCUT2D eigenvalue weighted by atomic mass is 10.2. The average molecular weight is 433 g/mol. The van der Waals surface area contributed by atoms with E-state index in [2.05, 4.69) is 39.3 Å². The highest BCUT2D eigenvalue weighted by Gasteiger charge is 2.17. The molecule has 2 rings (SSSR count). The van der Waals surface area contributed by atoms with Crippen molar-refractivity contribution in [1.29, 1.82) is 0 Å². The molecule has 2 aromatic rings. The van der Waals surface area contributed by atoms with E-state index in [1.54, 1.807) is 13.0 Å². The van der Waals surface area contributed by atoms with E-state index >= 15 is 0 Å². The number of carbonyl (C=O) groups is 1. The maximum atomic E-state index is 11.7. The fourth-order valence-electron chi connectivity index (χ4n) is 2.85. The molecule has 1 heterocycles. The summed E-state index contributed by atoms with van der Waals surface area (Å²) < 4.78 is 0. The number of aromatic nitrogens is 1. The van der Waals surface area contributed by atoms with Crippen molar-refractivity contribution < 1.29 is 9.72 Å². The summed E-state index contributed by atoms with van der Waals surface area (Å²) in [6.45, 7) is 9.21. The highest BCUT2D eigenvalue weighted by Crippen LogP contribution is 2.35. The van der Waals surface area contributed by atoms with Crippen LogP contribution in [0.25, 0.3) is 0 Å². The zero-order valence-electron chi connectivity index (χ0n) is 17.8. The highest BCUT2D eigenvalue weighted by atomic mass is 32.1. The van der Waals surface area contributed by atoms with Crippen molar-refractivity contribution in [3.63, 3.8) is 0 Å². The van der Waals surface area contributed by atoms with Gasteiger partial charge in [-0.15, -0.1) is 10.2 Å². The van der Waals surface area contributed by atoms with Crippen LogP contribution >= 0.6 is 11.3 Å². The van der Waals surface area contributed by atoms with E-state index in [1.807, 2.05) is 12.1 Å². The van der Waals surface area contributed by atoms with Gasteiger partial charge in [0.05, 0.1) is 10.6 Å². The number of hydrogen-bond acceptors (Lipinski definition) is 8. The van der Waals surface area contributed by atoms with Gasteiger partial charge in [0.15, 0.2) is 0 Å². The molecule has 1 aromatic carbocycles. The van der Waals surface area contributed by atoms with Crippen molar-refractivity contribution in [3.05, 3.63) is 34.0 Å². The van der Waals surface area contributed by atoms with Gasteiger partial charge < -0.3 is 10.2 Å². The Morgan fingerprint density at radius 1 is 1.23 bits per heavy atom. The molecule has 30 heavy (non-hydrogen) atoms. The van der Waals surface area contributed by atoms with Gasteiger partial charge in [-0.2, -0.15) is 0 Å². The fraction of sp³-hybridized carbons (Fsp3) is 0.500. The van der Waals surface area contributed by atoms with Crippen LogP contribution in [-0.2, 0) is 4.79 Å².